The standard InChI is InChI=1S/C25H26F7N3O.ClH/c1-15-10-19(26)5-6-20(15)22-14-33-7-9-35(22)23(36)34-8-3-2-4-21(34)16-11-17(24(27,28)29)13-18(12-16)25(30,31)32;/h5-6,10-13,21-22,33H,2-4,7-9,14H2,1H3;1H/t21?,22-;/m1./s1. The van der Waals surface area contributed by atoms with E-state index in [0.717, 1.165) is 5.56 Å². The van der Waals surface area contributed by atoms with Gasteiger partial charge >= 0.3 is 18.4 Å². The van der Waals surface area contributed by atoms with Crippen molar-refractivity contribution in [1.29, 1.82) is 0 Å². The van der Waals surface area contributed by atoms with Crippen LogP contribution in [-0.4, -0.2) is 42.0 Å². The van der Waals surface area contributed by atoms with E-state index in [1.165, 1.54) is 17.0 Å². The van der Waals surface area contributed by atoms with Crippen LogP contribution >= 0.6 is 12.4 Å². The number of halogens is 8. The van der Waals surface area contributed by atoms with Crippen molar-refractivity contribution < 1.29 is 35.5 Å². The molecule has 1 unspecified atom stereocenters. The molecule has 0 saturated carbocycles. The number of piperidine rings is 1. The predicted molar refractivity (Wildman–Crippen MR) is 126 cm³/mol. The maximum atomic E-state index is 13.8. The molecule has 12 heteroatoms. The van der Waals surface area contributed by atoms with Crippen molar-refractivity contribution in [3.63, 3.8) is 0 Å². The van der Waals surface area contributed by atoms with Crippen LogP contribution in [0.3, 0.4) is 0 Å². The fourth-order valence-corrected chi connectivity index (χ4v) is 5.07. The summed E-state index contributed by atoms with van der Waals surface area (Å²) in [6.45, 7) is 3.09. The molecule has 2 aliphatic rings. The molecule has 2 aliphatic heterocycles. The summed E-state index contributed by atoms with van der Waals surface area (Å²) in [4.78, 5) is 16.7. The highest BCUT2D eigenvalue weighted by Crippen LogP contribution is 2.41. The van der Waals surface area contributed by atoms with Crippen LogP contribution in [0.25, 0.3) is 0 Å². The number of piperazine rings is 1. The number of carbonyl (C=O) groups is 1. The van der Waals surface area contributed by atoms with Crippen molar-refractivity contribution >= 4 is 18.4 Å². The Bertz CT molecular complexity index is 1090. The number of amides is 2. The van der Waals surface area contributed by atoms with Crippen molar-refractivity contribution in [2.24, 2.45) is 0 Å². The maximum Gasteiger partial charge on any atom is 0.416 e. The van der Waals surface area contributed by atoms with Gasteiger partial charge in [0, 0.05) is 26.2 Å². The van der Waals surface area contributed by atoms with E-state index in [1.54, 1.807) is 17.9 Å². The third kappa shape index (κ3) is 6.31. The Morgan fingerprint density at radius 3 is 2.11 bits per heavy atom. The second-order valence-electron chi connectivity index (χ2n) is 9.24. The van der Waals surface area contributed by atoms with Crippen LogP contribution in [0, 0.1) is 12.7 Å². The van der Waals surface area contributed by atoms with Crippen molar-refractivity contribution in [3.05, 3.63) is 70.0 Å². The zero-order valence-corrected chi connectivity index (χ0v) is 20.7. The lowest BCUT2D eigenvalue weighted by molar-refractivity contribution is -0.143. The van der Waals surface area contributed by atoms with E-state index < -0.39 is 47.4 Å². The van der Waals surface area contributed by atoms with E-state index >= 15 is 0 Å². The summed E-state index contributed by atoms with van der Waals surface area (Å²) in [5, 5.41) is 3.20. The van der Waals surface area contributed by atoms with Gasteiger partial charge in [-0.05, 0) is 73.2 Å². The smallest absolute Gasteiger partial charge is 0.318 e. The number of carbonyl (C=O) groups excluding carboxylic acids is 1. The summed E-state index contributed by atoms with van der Waals surface area (Å²) >= 11 is 0. The maximum absolute atomic E-state index is 13.8. The predicted octanol–water partition coefficient (Wildman–Crippen LogP) is 6.89. The number of nitrogens with zero attached hydrogens (tertiary/aromatic N) is 2. The Morgan fingerprint density at radius 1 is 0.892 bits per heavy atom. The quantitative estimate of drug-likeness (QED) is 0.411. The number of hydrogen-bond acceptors (Lipinski definition) is 2. The molecular weight excluding hydrogens is 527 g/mol. The minimum absolute atomic E-state index is 0. The van der Waals surface area contributed by atoms with E-state index in [4.69, 9.17) is 0 Å². The van der Waals surface area contributed by atoms with Crippen LogP contribution in [0.1, 0.15) is 59.2 Å². The van der Waals surface area contributed by atoms with E-state index in [9.17, 15) is 35.5 Å². The number of likely N-dealkylation sites (tertiary alicyclic amines) is 1. The first kappa shape index (κ1) is 29.0. The number of aryl methyl sites for hydroxylation is 1. The minimum Gasteiger partial charge on any atom is -0.318 e. The van der Waals surface area contributed by atoms with Gasteiger partial charge in [0.15, 0.2) is 0 Å². The second kappa shape index (κ2) is 11.1. The molecule has 2 heterocycles. The summed E-state index contributed by atoms with van der Waals surface area (Å²) in [6.07, 6.45) is -8.54. The highest BCUT2D eigenvalue weighted by molar-refractivity contribution is 5.85. The van der Waals surface area contributed by atoms with E-state index in [0.29, 0.717) is 50.2 Å². The highest BCUT2D eigenvalue weighted by Gasteiger charge is 2.40. The van der Waals surface area contributed by atoms with Gasteiger partial charge < -0.3 is 15.1 Å². The third-order valence-corrected chi connectivity index (χ3v) is 6.82. The number of benzene rings is 2. The number of nitrogens with one attached hydrogen (secondary N) is 1. The average Bonchev–Trinajstić information content (AvgIpc) is 2.82. The fourth-order valence-electron chi connectivity index (χ4n) is 5.07. The summed E-state index contributed by atoms with van der Waals surface area (Å²) in [6, 6.07) is 3.93. The first-order valence-corrected chi connectivity index (χ1v) is 11.7. The first-order chi connectivity index (χ1) is 16.9. The summed E-state index contributed by atoms with van der Waals surface area (Å²) in [5.41, 5.74) is -1.61. The van der Waals surface area contributed by atoms with Gasteiger partial charge in [0.25, 0.3) is 0 Å². The largest absolute Gasteiger partial charge is 0.416 e. The third-order valence-electron chi connectivity index (χ3n) is 6.82. The van der Waals surface area contributed by atoms with Gasteiger partial charge in [0.2, 0.25) is 0 Å². The summed E-state index contributed by atoms with van der Waals surface area (Å²) in [5.74, 6) is -0.418. The van der Waals surface area contributed by atoms with Crippen LogP contribution in [0.5, 0.6) is 0 Å². The Kier molecular flexibility index (Phi) is 8.68. The molecule has 4 rings (SSSR count). The summed E-state index contributed by atoms with van der Waals surface area (Å²) < 4.78 is 94.5. The molecule has 204 valence electrons. The van der Waals surface area contributed by atoms with Gasteiger partial charge in [-0.3, -0.25) is 0 Å². The Labute approximate surface area is 216 Å². The Hall–Kier alpha value is -2.53. The topological polar surface area (TPSA) is 35.6 Å². The highest BCUT2D eigenvalue weighted by atomic mass is 35.5. The molecule has 2 saturated heterocycles. The van der Waals surface area contributed by atoms with E-state index in [1.807, 2.05) is 0 Å². The van der Waals surface area contributed by atoms with Gasteiger partial charge in [0.1, 0.15) is 5.82 Å². The van der Waals surface area contributed by atoms with Crippen LogP contribution in [0.15, 0.2) is 36.4 Å². The van der Waals surface area contributed by atoms with Crippen LogP contribution < -0.4 is 5.32 Å². The molecule has 2 aromatic rings. The molecule has 37 heavy (non-hydrogen) atoms. The van der Waals surface area contributed by atoms with Gasteiger partial charge in [-0.1, -0.05) is 6.07 Å². The van der Waals surface area contributed by atoms with E-state index in [-0.39, 0.29) is 37.0 Å². The van der Waals surface area contributed by atoms with Crippen molar-refractivity contribution in [3.8, 4) is 0 Å². The molecule has 0 radical (unpaired) electrons. The zero-order valence-electron chi connectivity index (χ0n) is 19.9. The molecule has 1 N–H and O–H groups in total. The summed E-state index contributed by atoms with van der Waals surface area (Å²) in [7, 11) is 0. The normalized spacial score (nSPS) is 21.0. The molecule has 2 fully saturated rings. The number of alkyl halides is 6. The zero-order chi connectivity index (χ0) is 26.3. The molecule has 0 bridgehead atoms. The number of urea groups is 1. The number of rotatable bonds is 2. The first-order valence-electron chi connectivity index (χ1n) is 11.7. The van der Waals surface area contributed by atoms with Crippen molar-refractivity contribution in [2.75, 3.05) is 26.2 Å². The SMILES string of the molecule is Cc1cc(F)ccc1[C@H]1CNCCN1C(=O)N1CCCCC1c1cc(C(F)(F)F)cc(C(F)(F)F)c1.Cl. The van der Waals surface area contributed by atoms with Crippen molar-refractivity contribution in [2.45, 2.75) is 50.6 Å². The Morgan fingerprint density at radius 2 is 1.51 bits per heavy atom. The lowest BCUT2D eigenvalue weighted by Crippen LogP contribution is -2.54. The van der Waals surface area contributed by atoms with Crippen LogP contribution in [-0.2, 0) is 12.4 Å². The van der Waals surface area contributed by atoms with Crippen molar-refractivity contribution in [1.82, 2.24) is 15.1 Å². The van der Waals surface area contributed by atoms with Gasteiger partial charge in [-0.2, -0.15) is 26.3 Å². The number of hydrogen-bond donors (Lipinski definition) is 1. The van der Waals surface area contributed by atoms with Crippen LogP contribution in [0.2, 0.25) is 0 Å². The molecule has 2 aromatic carbocycles. The van der Waals surface area contributed by atoms with Gasteiger partial charge in [-0.15, -0.1) is 12.4 Å². The lowest BCUT2D eigenvalue weighted by Gasteiger charge is -2.44. The minimum atomic E-state index is -4.97. The van der Waals surface area contributed by atoms with Crippen LogP contribution in [0.4, 0.5) is 35.5 Å². The molecule has 0 aliphatic carbocycles. The second-order valence-corrected chi connectivity index (χ2v) is 9.24. The fraction of sp³-hybridized carbons (Fsp3) is 0.480. The van der Waals surface area contributed by atoms with Gasteiger partial charge in [-0.25, -0.2) is 9.18 Å². The molecule has 0 spiro atoms. The lowest BCUT2D eigenvalue weighted by atomic mass is 9.92. The monoisotopic (exact) mass is 553 g/mol. The average molecular weight is 554 g/mol. The Balaban J connectivity index is 0.00000380. The van der Waals surface area contributed by atoms with Gasteiger partial charge in [0.05, 0.1) is 23.2 Å². The molecule has 2 atom stereocenters. The van der Waals surface area contributed by atoms with E-state index in [2.05, 4.69) is 5.32 Å². The molecular formula is C25H27ClF7N3O. The molecule has 4 nitrogen and oxygen atoms in total. The molecule has 0 aromatic heterocycles. The molecule has 2 amide bonds.